The molecular formula is C22H26F2O5. The second-order valence-corrected chi connectivity index (χ2v) is 8.83. The van der Waals surface area contributed by atoms with E-state index in [1.165, 1.54) is 44.2 Å². The lowest BCUT2D eigenvalue weighted by Gasteiger charge is -2.60. The van der Waals surface area contributed by atoms with Gasteiger partial charge in [0.1, 0.15) is 11.4 Å². The summed E-state index contributed by atoms with van der Waals surface area (Å²) < 4.78 is 37.2. The van der Waals surface area contributed by atoms with Crippen LogP contribution < -0.4 is 4.74 Å². The summed E-state index contributed by atoms with van der Waals surface area (Å²) in [4.78, 5) is 22.4. The fourth-order valence-corrected chi connectivity index (χ4v) is 5.98. The SMILES string of the molecule is CCC1(Oc2ccc(C(=O)OCC(F)(F)C(=O)O)cc2)C2CC3CC(C2)CC1C3. The lowest BCUT2D eigenvalue weighted by Crippen LogP contribution is -2.60. The molecule has 0 saturated heterocycles. The summed E-state index contributed by atoms with van der Waals surface area (Å²) in [6.45, 7) is 0.681. The molecule has 4 fully saturated rings. The van der Waals surface area contributed by atoms with Crippen molar-refractivity contribution >= 4 is 11.9 Å². The molecule has 7 heteroatoms. The van der Waals surface area contributed by atoms with Gasteiger partial charge in [-0.2, -0.15) is 8.78 Å². The van der Waals surface area contributed by atoms with Gasteiger partial charge in [-0.3, -0.25) is 0 Å². The number of halogens is 2. The third-order valence-electron chi connectivity index (χ3n) is 7.17. The smallest absolute Gasteiger partial charge is 0.378 e. The van der Waals surface area contributed by atoms with Crippen LogP contribution >= 0.6 is 0 Å². The molecule has 4 aliphatic carbocycles. The molecule has 4 bridgehead atoms. The summed E-state index contributed by atoms with van der Waals surface area (Å²) in [7, 11) is 0. The summed E-state index contributed by atoms with van der Waals surface area (Å²) in [6.07, 6.45) is 7.21. The number of carboxylic acid groups (broad SMARTS) is 1. The fraction of sp³-hybridized carbons (Fsp3) is 0.636. The topological polar surface area (TPSA) is 72.8 Å². The van der Waals surface area contributed by atoms with Gasteiger partial charge in [0.25, 0.3) is 0 Å². The maximum absolute atomic E-state index is 13.1. The first kappa shape index (κ1) is 20.1. The molecule has 158 valence electrons. The van der Waals surface area contributed by atoms with E-state index in [0.29, 0.717) is 17.6 Å². The standard InChI is InChI=1S/C22H26F2O5/c1-2-21(16-8-13-7-14(10-16)11-17(21)9-13)29-18-5-3-15(4-6-18)19(25)28-12-22(23,24)20(26)27/h3-6,13-14,16-17H,2,7-12H2,1H3,(H,26,27). The molecule has 0 heterocycles. The van der Waals surface area contributed by atoms with E-state index in [2.05, 4.69) is 11.7 Å². The van der Waals surface area contributed by atoms with Crippen molar-refractivity contribution in [3.8, 4) is 5.75 Å². The van der Waals surface area contributed by atoms with Gasteiger partial charge in [-0.05, 0) is 86.5 Å². The van der Waals surface area contributed by atoms with Crippen molar-refractivity contribution in [2.24, 2.45) is 23.7 Å². The number of carbonyl (C=O) groups excluding carboxylic acids is 1. The van der Waals surface area contributed by atoms with Gasteiger partial charge in [0.15, 0.2) is 6.61 Å². The molecule has 0 radical (unpaired) electrons. The third-order valence-corrected chi connectivity index (χ3v) is 7.17. The summed E-state index contributed by atoms with van der Waals surface area (Å²) in [5.74, 6) is -3.97. The Hall–Kier alpha value is -2.18. The van der Waals surface area contributed by atoms with Gasteiger partial charge >= 0.3 is 17.9 Å². The highest BCUT2D eigenvalue weighted by molar-refractivity contribution is 5.89. The Kier molecular flexibility index (Phi) is 5.03. The van der Waals surface area contributed by atoms with Crippen LogP contribution in [0.25, 0.3) is 0 Å². The maximum atomic E-state index is 13.1. The van der Waals surface area contributed by atoms with Crippen LogP contribution in [0.3, 0.4) is 0 Å². The molecule has 0 amide bonds. The molecule has 5 nitrogen and oxygen atoms in total. The molecule has 0 spiro atoms. The summed E-state index contributed by atoms with van der Waals surface area (Å²) in [5, 5.41) is 8.39. The number of carboxylic acids is 1. The zero-order valence-electron chi connectivity index (χ0n) is 16.4. The Morgan fingerprint density at radius 1 is 1.07 bits per heavy atom. The lowest BCUT2D eigenvalue weighted by atomic mass is 9.49. The van der Waals surface area contributed by atoms with Crippen LogP contribution in [-0.4, -0.2) is 35.2 Å². The lowest BCUT2D eigenvalue weighted by molar-refractivity contribution is -0.170. The molecule has 5 rings (SSSR count). The van der Waals surface area contributed by atoms with E-state index in [1.54, 1.807) is 12.1 Å². The number of carbonyl (C=O) groups is 2. The Bertz CT molecular complexity index is 761. The van der Waals surface area contributed by atoms with E-state index in [0.717, 1.165) is 18.3 Å². The highest BCUT2D eigenvalue weighted by atomic mass is 19.3. The maximum Gasteiger partial charge on any atom is 0.378 e. The van der Waals surface area contributed by atoms with E-state index in [-0.39, 0.29) is 11.2 Å². The minimum Gasteiger partial charge on any atom is -0.487 e. The summed E-state index contributed by atoms with van der Waals surface area (Å²) in [6, 6.07) is 6.26. The number of hydrogen-bond donors (Lipinski definition) is 1. The van der Waals surface area contributed by atoms with Gasteiger partial charge in [-0.15, -0.1) is 0 Å². The normalized spacial score (nSPS) is 32.8. The molecule has 1 aromatic rings. The van der Waals surface area contributed by atoms with Crippen molar-refractivity contribution in [1.82, 2.24) is 0 Å². The van der Waals surface area contributed by atoms with Gasteiger partial charge in [0, 0.05) is 0 Å². The zero-order valence-corrected chi connectivity index (χ0v) is 16.4. The first-order chi connectivity index (χ1) is 13.7. The van der Waals surface area contributed by atoms with Crippen molar-refractivity contribution in [1.29, 1.82) is 0 Å². The molecule has 0 atom stereocenters. The number of hydrogen-bond acceptors (Lipinski definition) is 4. The van der Waals surface area contributed by atoms with Crippen molar-refractivity contribution in [3.05, 3.63) is 29.8 Å². The van der Waals surface area contributed by atoms with Crippen LogP contribution in [0, 0.1) is 23.7 Å². The molecule has 0 aromatic heterocycles. The van der Waals surface area contributed by atoms with Gasteiger partial charge in [-0.25, -0.2) is 9.59 Å². The Morgan fingerprint density at radius 3 is 2.10 bits per heavy atom. The minimum atomic E-state index is -4.11. The molecule has 4 aliphatic rings. The van der Waals surface area contributed by atoms with Crippen LogP contribution in [0.5, 0.6) is 5.75 Å². The summed E-state index contributed by atoms with van der Waals surface area (Å²) >= 11 is 0. The van der Waals surface area contributed by atoms with E-state index >= 15 is 0 Å². The van der Waals surface area contributed by atoms with Crippen LogP contribution in [0.4, 0.5) is 8.78 Å². The molecule has 1 N–H and O–H groups in total. The quantitative estimate of drug-likeness (QED) is 0.671. The number of alkyl halides is 2. The number of aliphatic carboxylic acids is 1. The Balaban J connectivity index is 1.43. The minimum absolute atomic E-state index is 0.0779. The number of ether oxygens (including phenoxy) is 2. The van der Waals surface area contributed by atoms with E-state index < -0.39 is 24.5 Å². The average molecular weight is 408 g/mol. The third kappa shape index (κ3) is 3.60. The van der Waals surface area contributed by atoms with Gasteiger partial charge < -0.3 is 14.6 Å². The second kappa shape index (κ2) is 7.26. The van der Waals surface area contributed by atoms with Gasteiger partial charge in [0.05, 0.1) is 5.56 Å². The molecule has 1 aromatic carbocycles. The van der Waals surface area contributed by atoms with Crippen LogP contribution in [0.1, 0.15) is 55.8 Å². The van der Waals surface area contributed by atoms with Crippen LogP contribution in [-0.2, 0) is 9.53 Å². The molecule has 0 unspecified atom stereocenters. The average Bonchev–Trinajstić information content (AvgIpc) is 2.69. The Morgan fingerprint density at radius 2 is 1.62 bits per heavy atom. The first-order valence-electron chi connectivity index (χ1n) is 10.3. The molecule has 29 heavy (non-hydrogen) atoms. The highest BCUT2D eigenvalue weighted by Gasteiger charge is 2.58. The fourth-order valence-electron chi connectivity index (χ4n) is 5.98. The van der Waals surface area contributed by atoms with Crippen molar-refractivity contribution < 1.29 is 33.0 Å². The highest BCUT2D eigenvalue weighted by Crippen LogP contribution is 2.60. The number of rotatable bonds is 7. The second-order valence-electron chi connectivity index (χ2n) is 8.83. The zero-order chi connectivity index (χ0) is 20.8. The molecular weight excluding hydrogens is 382 g/mol. The number of benzene rings is 1. The number of esters is 1. The molecule has 0 aliphatic heterocycles. The van der Waals surface area contributed by atoms with Crippen molar-refractivity contribution in [3.63, 3.8) is 0 Å². The van der Waals surface area contributed by atoms with E-state index in [9.17, 15) is 18.4 Å². The van der Waals surface area contributed by atoms with E-state index in [4.69, 9.17) is 9.84 Å². The van der Waals surface area contributed by atoms with Crippen LogP contribution in [0.2, 0.25) is 0 Å². The predicted molar refractivity (Wildman–Crippen MR) is 100 cm³/mol. The van der Waals surface area contributed by atoms with Crippen molar-refractivity contribution in [2.75, 3.05) is 6.61 Å². The van der Waals surface area contributed by atoms with E-state index in [1.807, 2.05) is 0 Å². The molecule has 4 saturated carbocycles. The van der Waals surface area contributed by atoms with Crippen molar-refractivity contribution in [2.45, 2.75) is 57.0 Å². The summed E-state index contributed by atoms with van der Waals surface area (Å²) in [5.41, 5.74) is -0.0897. The van der Waals surface area contributed by atoms with Gasteiger partial charge in [-0.1, -0.05) is 6.92 Å². The predicted octanol–water partition coefficient (Wildman–Crippen LogP) is 4.55. The Labute approximate surface area is 168 Å². The van der Waals surface area contributed by atoms with Gasteiger partial charge in [0.2, 0.25) is 0 Å². The monoisotopic (exact) mass is 408 g/mol. The first-order valence-corrected chi connectivity index (χ1v) is 10.3. The van der Waals surface area contributed by atoms with Crippen LogP contribution in [0.15, 0.2) is 24.3 Å². The largest absolute Gasteiger partial charge is 0.487 e.